The minimum Gasteiger partial charge on any atom is -0.493 e. The minimum atomic E-state index is -0.880. The standard InChI is InChI=1S/C26H37NO4/c1-22(2,3)23(4,28)17-14-24-9-10-26(17,30-6)21-25(24)11-12-27-18(24)13-15-7-8-16(29-5)20(31-21)19(15)25/h7-8,17-18,21,27-28H,9-14H2,1-6H3/t17?,18-,21?,23?,24?,25+,26?/m1/s1. The third-order valence-electron chi connectivity index (χ3n) is 10.6. The van der Waals surface area contributed by atoms with Crippen LogP contribution in [-0.4, -0.2) is 49.2 Å². The number of methoxy groups -OCH3 is 2. The highest BCUT2D eigenvalue weighted by Gasteiger charge is 2.81. The van der Waals surface area contributed by atoms with E-state index in [1.165, 1.54) is 11.1 Å². The van der Waals surface area contributed by atoms with Gasteiger partial charge in [-0.3, -0.25) is 0 Å². The summed E-state index contributed by atoms with van der Waals surface area (Å²) in [5.41, 5.74) is 1.13. The Morgan fingerprint density at radius 3 is 2.58 bits per heavy atom. The molecule has 4 aliphatic carbocycles. The summed E-state index contributed by atoms with van der Waals surface area (Å²) in [6, 6.07) is 4.73. The van der Waals surface area contributed by atoms with Crippen LogP contribution in [-0.2, 0) is 16.6 Å². The van der Waals surface area contributed by atoms with Crippen molar-refractivity contribution in [2.24, 2.45) is 16.7 Å². The summed E-state index contributed by atoms with van der Waals surface area (Å²) in [6.45, 7) is 9.48. The Morgan fingerprint density at radius 1 is 1.13 bits per heavy atom. The lowest BCUT2D eigenvalue weighted by Crippen LogP contribution is -2.83. The molecule has 4 fully saturated rings. The van der Waals surface area contributed by atoms with Crippen LogP contribution in [0, 0.1) is 16.7 Å². The van der Waals surface area contributed by atoms with Crippen molar-refractivity contribution in [2.45, 2.75) is 88.6 Å². The van der Waals surface area contributed by atoms with Crippen LogP contribution in [0.3, 0.4) is 0 Å². The summed E-state index contributed by atoms with van der Waals surface area (Å²) in [6.07, 6.45) is 4.99. The topological polar surface area (TPSA) is 60.0 Å². The second kappa shape index (κ2) is 5.78. The molecule has 1 aromatic carbocycles. The highest BCUT2D eigenvalue weighted by atomic mass is 16.6. The van der Waals surface area contributed by atoms with Gasteiger partial charge in [-0.15, -0.1) is 0 Å². The van der Waals surface area contributed by atoms with E-state index in [0.717, 1.165) is 50.1 Å². The van der Waals surface area contributed by atoms with E-state index in [4.69, 9.17) is 14.2 Å². The maximum Gasteiger partial charge on any atom is 0.165 e. The van der Waals surface area contributed by atoms with Crippen LogP contribution in [0.15, 0.2) is 12.1 Å². The molecule has 170 valence electrons. The SMILES string of the molecule is COc1ccc2c3c1OC1C4(OC)CCC5(CC4C(C)(O)C(C)(C)C)[C@@H](C2)NCC[C@]315. The molecule has 1 saturated heterocycles. The van der Waals surface area contributed by atoms with E-state index in [-0.39, 0.29) is 28.3 Å². The van der Waals surface area contributed by atoms with Gasteiger partial charge in [-0.25, -0.2) is 0 Å². The van der Waals surface area contributed by atoms with Crippen LogP contribution >= 0.6 is 0 Å². The van der Waals surface area contributed by atoms with Gasteiger partial charge in [-0.2, -0.15) is 0 Å². The average Bonchev–Trinajstić information content (AvgIpc) is 3.09. The average molecular weight is 428 g/mol. The monoisotopic (exact) mass is 427 g/mol. The molecule has 5 heteroatoms. The first-order chi connectivity index (χ1) is 14.6. The molecule has 0 radical (unpaired) electrons. The van der Waals surface area contributed by atoms with Gasteiger partial charge < -0.3 is 24.6 Å². The van der Waals surface area contributed by atoms with Crippen molar-refractivity contribution >= 4 is 0 Å². The molecular weight excluding hydrogens is 390 g/mol. The quantitative estimate of drug-likeness (QED) is 0.772. The molecule has 5 unspecified atom stereocenters. The zero-order chi connectivity index (χ0) is 22.0. The molecule has 7 rings (SSSR count). The first-order valence-corrected chi connectivity index (χ1v) is 12.0. The molecule has 7 atom stereocenters. The number of fused-ring (bicyclic) bond motifs is 2. The lowest BCUT2D eigenvalue weighted by molar-refractivity contribution is -0.303. The predicted molar refractivity (Wildman–Crippen MR) is 119 cm³/mol. The second-order valence-electron chi connectivity index (χ2n) is 12.0. The lowest BCUT2D eigenvalue weighted by atomic mass is 9.33. The third kappa shape index (κ3) is 1.98. The fraction of sp³-hybridized carbons (Fsp3) is 0.769. The summed E-state index contributed by atoms with van der Waals surface area (Å²) in [7, 11) is 3.57. The molecule has 6 aliphatic rings. The largest absolute Gasteiger partial charge is 0.493 e. The highest BCUT2D eigenvalue weighted by Crippen LogP contribution is 2.77. The molecule has 2 spiro atoms. The van der Waals surface area contributed by atoms with E-state index in [1.807, 2.05) is 14.0 Å². The number of benzene rings is 1. The van der Waals surface area contributed by atoms with E-state index < -0.39 is 11.2 Å². The van der Waals surface area contributed by atoms with E-state index in [9.17, 15) is 5.11 Å². The van der Waals surface area contributed by atoms with Crippen molar-refractivity contribution < 1.29 is 19.3 Å². The maximum atomic E-state index is 12.0. The summed E-state index contributed by atoms with van der Waals surface area (Å²) < 4.78 is 19.3. The first kappa shape index (κ1) is 20.3. The van der Waals surface area contributed by atoms with Crippen molar-refractivity contribution in [1.82, 2.24) is 5.32 Å². The molecule has 31 heavy (non-hydrogen) atoms. The number of aliphatic hydroxyl groups is 1. The van der Waals surface area contributed by atoms with Gasteiger partial charge in [0.05, 0.1) is 12.7 Å². The molecule has 3 saturated carbocycles. The number of hydrogen-bond donors (Lipinski definition) is 2. The van der Waals surface area contributed by atoms with Gasteiger partial charge in [0.2, 0.25) is 0 Å². The number of rotatable bonds is 3. The molecule has 2 N–H and O–H groups in total. The summed E-state index contributed by atoms with van der Waals surface area (Å²) in [4.78, 5) is 0. The van der Waals surface area contributed by atoms with E-state index in [0.29, 0.717) is 6.04 Å². The number of ether oxygens (including phenoxy) is 3. The maximum absolute atomic E-state index is 12.0. The van der Waals surface area contributed by atoms with Crippen molar-refractivity contribution in [2.75, 3.05) is 20.8 Å². The fourth-order valence-electron chi connectivity index (χ4n) is 8.68. The van der Waals surface area contributed by atoms with Crippen molar-refractivity contribution in [3.8, 4) is 11.5 Å². The molecule has 0 amide bonds. The Hall–Kier alpha value is -1.30. The smallest absolute Gasteiger partial charge is 0.165 e. The zero-order valence-corrected chi connectivity index (χ0v) is 19.8. The van der Waals surface area contributed by atoms with Gasteiger partial charge in [-0.1, -0.05) is 26.8 Å². The number of hydrogen-bond acceptors (Lipinski definition) is 5. The van der Waals surface area contributed by atoms with Gasteiger partial charge >= 0.3 is 0 Å². The van der Waals surface area contributed by atoms with Gasteiger partial charge in [0.25, 0.3) is 0 Å². The van der Waals surface area contributed by atoms with E-state index >= 15 is 0 Å². The molecule has 1 aromatic rings. The molecule has 4 bridgehead atoms. The van der Waals surface area contributed by atoms with Crippen LogP contribution in [0.25, 0.3) is 0 Å². The lowest BCUT2D eigenvalue weighted by Gasteiger charge is -2.74. The molecule has 2 heterocycles. The Morgan fingerprint density at radius 2 is 1.90 bits per heavy atom. The third-order valence-corrected chi connectivity index (χ3v) is 10.6. The summed E-state index contributed by atoms with van der Waals surface area (Å²) in [5, 5.41) is 15.9. The van der Waals surface area contributed by atoms with E-state index in [2.05, 4.69) is 38.2 Å². The summed E-state index contributed by atoms with van der Waals surface area (Å²) >= 11 is 0. The fourth-order valence-corrected chi connectivity index (χ4v) is 8.68. The summed E-state index contributed by atoms with van der Waals surface area (Å²) in [5.74, 6) is 1.77. The molecule has 5 nitrogen and oxygen atoms in total. The van der Waals surface area contributed by atoms with Crippen molar-refractivity contribution in [1.29, 1.82) is 0 Å². The van der Waals surface area contributed by atoms with E-state index in [1.54, 1.807) is 7.11 Å². The van der Waals surface area contributed by atoms with Crippen LogP contribution in [0.4, 0.5) is 0 Å². The highest BCUT2D eigenvalue weighted by molar-refractivity contribution is 5.63. The molecule has 0 aromatic heterocycles. The van der Waals surface area contributed by atoms with Crippen LogP contribution < -0.4 is 14.8 Å². The van der Waals surface area contributed by atoms with Gasteiger partial charge in [-0.05, 0) is 62.6 Å². The second-order valence-corrected chi connectivity index (χ2v) is 12.0. The minimum absolute atomic E-state index is 0.00105. The van der Waals surface area contributed by atoms with Gasteiger partial charge in [0.15, 0.2) is 11.5 Å². The Kier molecular flexibility index (Phi) is 3.79. The van der Waals surface area contributed by atoms with Crippen LogP contribution in [0.1, 0.15) is 64.5 Å². The van der Waals surface area contributed by atoms with Crippen LogP contribution in [0.5, 0.6) is 11.5 Å². The zero-order valence-electron chi connectivity index (χ0n) is 19.8. The Labute approximate surface area is 185 Å². The first-order valence-electron chi connectivity index (χ1n) is 12.0. The Bertz CT molecular complexity index is 951. The Balaban J connectivity index is 1.64. The molecule has 2 aliphatic heterocycles. The van der Waals surface area contributed by atoms with Crippen molar-refractivity contribution in [3.05, 3.63) is 23.3 Å². The van der Waals surface area contributed by atoms with Gasteiger partial charge in [0, 0.05) is 35.5 Å². The number of piperidine rings is 1. The predicted octanol–water partition coefficient (Wildman–Crippen LogP) is 3.59. The normalized spacial score (nSPS) is 43.8. The van der Waals surface area contributed by atoms with Crippen molar-refractivity contribution in [3.63, 3.8) is 0 Å². The van der Waals surface area contributed by atoms with Gasteiger partial charge in [0.1, 0.15) is 11.7 Å². The van der Waals surface area contributed by atoms with Crippen LogP contribution in [0.2, 0.25) is 0 Å². The molecular formula is C26H37NO4. The number of nitrogens with one attached hydrogen (secondary N) is 1.